The Hall–Kier alpha value is -3.99. The molecule has 0 radical (unpaired) electrons. The first-order valence-electron chi connectivity index (χ1n) is 10.7. The monoisotopic (exact) mass is 441 g/mol. The summed E-state index contributed by atoms with van der Waals surface area (Å²) in [5, 5.41) is 3.85. The van der Waals surface area contributed by atoms with Crippen LogP contribution in [0.4, 0.5) is 5.69 Å². The lowest BCUT2D eigenvalue weighted by Crippen LogP contribution is -2.08. The van der Waals surface area contributed by atoms with Crippen molar-refractivity contribution in [3.63, 3.8) is 0 Å². The molecule has 5 nitrogen and oxygen atoms in total. The average Bonchev–Trinajstić information content (AvgIpc) is 3.20. The van der Waals surface area contributed by atoms with Crippen LogP contribution in [-0.4, -0.2) is 20.1 Å². The predicted molar refractivity (Wildman–Crippen MR) is 133 cm³/mol. The summed E-state index contributed by atoms with van der Waals surface area (Å²) in [6.07, 6.45) is 3.35. The number of benzene rings is 3. The van der Waals surface area contributed by atoms with E-state index in [-0.39, 0.29) is 5.91 Å². The second-order valence-electron chi connectivity index (χ2n) is 8.06. The van der Waals surface area contributed by atoms with Crippen LogP contribution in [0.5, 0.6) is 11.5 Å². The van der Waals surface area contributed by atoms with E-state index in [4.69, 9.17) is 13.9 Å². The van der Waals surface area contributed by atoms with Crippen LogP contribution in [0.25, 0.3) is 27.7 Å². The van der Waals surface area contributed by atoms with Gasteiger partial charge in [-0.25, -0.2) is 0 Å². The van der Waals surface area contributed by atoms with Crippen LogP contribution < -0.4 is 14.8 Å². The third kappa shape index (κ3) is 4.62. The van der Waals surface area contributed by atoms with Gasteiger partial charge >= 0.3 is 0 Å². The number of rotatable bonds is 6. The van der Waals surface area contributed by atoms with E-state index in [2.05, 4.69) is 37.4 Å². The quantitative estimate of drug-likeness (QED) is 0.335. The van der Waals surface area contributed by atoms with E-state index in [1.807, 2.05) is 37.3 Å². The summed E-state index contributed by atoms with van der Waals surface area (Å²) in [5.41, 5.74) is 7.54. The highest BCUT2D eigenvalue weighted by Gasteiger charge is 2.16. The lowest BCUT2D eigenvalue weighted by Gasteiger charge is -2.11. The highest BCUT2D eigenvalue weighted by atomic mass is 16.5. The summed E-state index contributed by atoms with van der Waals surface area (Å²) in [6, 6.07) is 17.5. The molecule has 1 heterocycles. The SMILES string of the molecule is COc1cccc(NC(=O)/C=C(\C)c2cc3c(-c4ccc(C)cc4C)coc3cc2OC)c1. The van der Waals surface area contributed by atoms with Crippen LogP contribution in [0.1, 0.15) is 23.6 Å². The molecule has 3 aromatic carbocycles. The number of anilines is 1. The zero-order chi connectivity index (χ0) is 23.5. The number of allylic oxidation sites excluding steroid dienone is 1. The Kier molecular flexibility index (Phi) is 6.22. The Morgan fingerprint density at radius 3 is 2.52 bits per heavy atom. The molecule has 0 atom stereocenters. The molecule has 0 aliphatic carbocycles. The smallest absolute Gasteiger partial charge is 0.248 e. The van der Waals surface area contributed by atoms with Gasteiger partial charge in [0.1, 0.15) is 17.1 Å². The molecular formula is C28H27NO4. The number of fused-ring (bicyclic) bond motifs is 1. The number of nitrogens with one attached hydrogen (secondary N) is 1. The molecule has 0 saturated carbocycles. The van der Waals surface area contributed by atoms with Gasteiger partial charge in [-0.1, -0.05) is 29.8 Å². The average molecular weight is 442 g/mol. The number of aryl methyl sites for hydroxylation is 2. The van der Waals surface area contributed by atoms with Gasteiger partial charge in [0.2, 0.25) is 5.91 Å². The third-order valence-electron chi connectivity index (χ3n) is 5.68. The molecule has 0 fully saturated rings. The van der Waals surface area contributed by atoms with Crippen LogP contribution >= 0.6 is 0 Å². The van der Waals surface area contributed by atoms with E-state index in [1.165, 1.54) is 11.1 Å². The van der Waals surface area contributed by atoms with E-state index < -0.39 is 0 Å². The highest BCUT2D eigenvalue weighted by Crippen LogP contribution is 2.38. The maximum absolute atomic E-state index is 12.7. The number of methoxy groups -OCH3 is 2. The van der Waals surface area contributed by atoms with Crippen molar-refractivity contribution < 1.29 is 18.7 Å². The Morgan fingerprint density at radius 1 is 0.970 bits per heavy atom. The van der Waals surface area contributed by atoms with Gasteiger partial charge in [0.25, 0.3) is 0 Å². The van der Waals surface area contributed by atoms with Crippen molar-refractivity contribution in [2.75, 3.05) is 19.5 Å². The Balaban J connectivity index is 1.71. The van der Waals surface area contributed by atoms with E-state index in [9.17, 15) is 4.79 Å². The van der Waals surface area contributed by atoms with Crippen LogP contribution in [0.2, 0.25) is 0 Å². The number of carbonyl (C=O) groups is 1. The molecule has 0 bridgehead atoms. The van der Waals surface area contributed by atoms with Crippen molar-refractivity contribution in [1.82, 2.24) is 0 Å². The van der Waals surface area contributed by atoms with E-state index in [1.54, 1.807) is 32.6 Å². The maximum atomic E-state index is 12.7. The van der Waals surface area contributed by atoms with Gasteiger partial charge in [-0.15, -0.1) is 0 Å². The zero-order valence-corrected chi connectivity index (χ0v) is 19.5. The topological polar surface area (TPSA) is 60.7 Å². The zero-order valence-electron chi connectivity index (χ0n) is 19.5. The van der Waals surface area contributed by atoms with Crippen molar-refractivity contribution in [3.05, 3.63) is 83.6 Å². The minimum absolute atomic E-state index is 0.232. The molecule has 1 aromatic heterocycles. The molecule has 4 aromatic rings. The molecule has 1 N–H and O–H groups in total. The largest absolute Gasteiger partial charge is 0.497 e. The fraction of sp³-hybridized carbons (Fsp3) is 0.179. The summed E-state index contributed by atoms with van der Waals surface area (Å²) < 4.78 is 16.7. The minimum atomic E-state index is -0.232. The molecular weight excluding hydrogens is 414 g/mol. The summed E-state index contributed by atoms with van der Waals surface area (Å²) in [5.74, 6) is 1.09. The van der Waals surface area contributed by atoms with E-state index in [0.29, 0.717) is 17.2 Å². The predicted octanol–water partition coefficient (Wildman–Crippen LogP) is 6.78. The summed E-state index contributed by atoms with van der Waals surface area (Å²) in [7, 11) is 3.21. The Bertz CT molecular complexity index is 1360. The summed E-state index contributed by atoms with van der Waals surface area (Å²) >= 11 is 0. The van der Waals surface area contributed by atoms with Crippen molar-refractivity contribution in [3.8, 4) is 22.6 Å². The second-order valence-corrected chi connectivity index (χ2v) is 8.06. The van der Waals surface area contributed by atoms with Crippen LogP contribution in [-0.2, 0) is 4.79 Å². The molecule has 0 aliphatic rings. The number of ether oxygens (including phenoxy) is 2. The van der Waals surface area contributed by atoms with Gasteiger partial charge in [0.15, 0.2) is 0 Å². The number of hydrogen-bond donors (Lipinski definition) is 1. The van der Waals surface area contributed by atoms with Gasteiger partial charge in [0.05, 0.1) is 20.5 Å². The molecule has 0 saturated heterocycles. The van der Waals surface area contributed by atoms with Crippen LogP contribution in [0.3, 0.4) is 0 Å². The first-order chi connectivity index (χ1) is 15.9. The first kappa shape index (κ1) is 22.2. The van der Waals surface area contributed by atoms with Gasteiger partial charge in [-0.05, 0) is 55.7 Å². The summed E-state index contributed by atoms with van der Waals surface area (Å²) in [4.78, 5) is 12.7. The van der Waals surface area contributed by atoms with Gasteiger partial charge in [0, 0.05) is 40.4 Å². The van der Waals surface area contributed by atoms with Crippen molar-refractivity contribution in [2.45, 2.75) is 20.8 Å². The minimum Gasteiger partial charge on any atom is -0.497 e. The maximum Gasteiger partial charge on any atom is 0.248 e. The first-order valence-corrected chi connectivity index (χ1v) is 10.7. The second kappa shape index (κ2) is 9.25. The van der Waals surface area contributed by atoms with Crippen molar-refractivity contribution in [1.29, 1.82) is 0 Å². The summed E-state index contributed by atoms with van der Waals surface area (Å²) in [6.45, 7) is 6.07. The fourth-order valence-corrected chi connectivity index (χ4v) is 4.01. The van der Waals surface area contributed by atoms with Gasteiger partial charge in [-0.3, -0.25) is 4.79 Å². The standard InChI is InChI=1S/C28H27NO4/c1-17-9-10-22(18(2)11-17)25-16-33-27-15-26(32-5)23(14-24(25)27)19(3)12-28(30)29-20-7-6-8-21(13-20)31-4/h6-16H,1-5H3,(H,29,30)/b19-12+. The highest BCUT2D eigenvalue weighted by molar-refractivity contribution is 6.05. The fourth-order valence-electron chi connectivity index (χ4n) is 4.01. The van der Waals surface area contributed by atoms with Gasteiger partial charge in [-0.2, -0.15) is 0 Å². The van der Waals surface area contributed by atoms with Gasteiger partial charge < -0.3 is 19.2 Å². The number of furan rings is 1. The molecule has 33 heavy (non-hydrogen) atoms. The Morgan fingerprint density at radius 2 is 1.79 bits per heavy atom. The number of carbonyl (C=O) groups excluding carboxylic acids is 1. The number of hydrogen-bond acceptors (Lipinski definition) is 4. The molecule has 5 heteroatoms. The third-order valence-corrected chi connectivity index (χ3v) is 5.68. The molecule has 168 valence electrons. The molecule has 4 rings (SSSR count). The van der Waals surface area contributed by atoms with Crippen molar-refractivity contribution in [2.24, 2.45) is 0 Å². The van der Waals surface area contributed by atoms with Crippen LogP contribution in [0.15, 0.2) is 71.4 Å². The lowest BCUT2D eigenvalue weighted by molar-refractivity contribution is -0.111. The Labute approximate surface area is 193 Å². The molecule has 0 aliphatic heterocycles. The van der Waals surface area contributed by atoms with Crippen LogP contribution in [0, 0.1) is 13.8 Å². The van der Waals surface area contributed by atoms with E-state index >= 15 is 0 Å². The van der Waals surface area contributed by atoms with E-state index in [0.717, 1.165) is 33.2 Å². The van der Waals surface area contributed by atoms with Crippen molar-refractivity contribution >= 4 is 28.1 Å². The number of amides is 1. The lowest BCUT2D eigenvalue weighted by atomic mass is 9.96. The molecule has 0 spiro atoms. The normalized spacial score (nSPS) is 11.5. The molecule has 1 amide bonds. The molecule has 0 unspecified atom stereocenters.